The fourth-order valence-electron chi connectivity index (χ4n) is 2.45. The molecular weight excluding hydrogens is 363 g/mol. The molecule has 0 aliphatic heterocycles. The first-order chi connectivity index (χ1) is 11.8. The van der Waals surface area contributed by atoms with Crippen LogP contribution in [0.5, 0.6) is 0 Å². The van der Waals surface area contributed by atoms with E-state index in [9.17, 15) is 9.59 Å². The van der Waals surface area contributed by atoms with E-state index in [0.717, 1.165) is 11.4 Å². The fourth-order valence-corrected chi connectivity index (χ4v) is 2.83. The zero-order valence-corrected chi connectivity index (χ0v) is 14.9. The maximum absolute atomic E-state index is 11.8. The number of urea groups is 1. The van der Waals surface area contributed by atoms with Gasteiger partial charge in [-0.05, 0) is 43.7 Å². The Labute approximate surface area is 154 Å². The van der Waals surface area contributed by atoms with Crippen LogP contribution < -0.4 is 11.1 Å². The van der Waals surface area contributed by atoms with Gasteiger partial charge in [0.15, 0.2) is 0 Å². The Hall–Kier alpha value is -2.75. The lowest BCUT2D eigenvalue weighted by molar-refractivity contribution is -0.115. The number of nitrogens with two attached hydrogens (primary N) is 1. The van der Waals surface area contributed by atoms with Crippen LogP contribution in [0.1, 0.15) is 17.0 Å². The number of hydrogen-bond donors (Lipinski definition) is 2. The summed E-state index contributed by atoms with van der Waals surface area (Å²) in [6, 6.07) is 7.80. The van der Waals surface area contributed by atoms with Crippen molar-refractivity contribution in [3.63, 3.8) is 0 Å². The molecule has 25 heavy (non-hydrogen) atoms. The van der Waals surface area contributed by atoms with Gasteiger partial charge >= 0.3 is 6.03 Å². The molecule has 0 atom stereocenters. The molecule has 0 aliphatic rings. The van der Waals surface area contributed by atoms with E-state index in [1.807, 2.05) is 29.8 Å². The minimum absolute atomic E-state index is 0.240. The highest BCUT2D eigenvalue weighted by atomic mass is 35.5. The van der Waals surface area contributed by atoms with E-state index in [-0.39, 0.29) is 5.57 Å². The van der Waals surface area contributed by atoms with Crippen LogP contribution in [0.25, 0.3) is 11.8 Å². The molecule has 128 valence electrons. The van der Waals surface area contributed by atoms with Gasteiger partial charge in [0.2, 0.25) is 0 Å². The number of carbonyl (C=O) groups is 2. The van der Waals surface area contributed by atoms with Gasteiger partial charge in [-0.1, -0.05) is 29.3 Å². The molecule has 0 radical (unpaired) electrons. The van der Waals surface area contributed by atoms with Gasteiger partial charge in [-0.15, -0.1) is 0 Å². The molecule has 1 aromatic heterocycles. The zero-order chi connectivity index (χ0) is 18.7. The Morgan fingerprint density at radius 2 is 2.00 bits per heavy atom. The predicted molar refractivity (Wildman–Crippen MR) is 96.6 cm³/mol. The minimum atomic E-state index is -1.03. The standard InChI is InChI=1S/C17H14Cl2N4O2/c1-9-6-11(7-12(8-20)16(24)22-17(21)25)10(2)23(9)14-5-3-4-13(18)15(14)19/h3-7H,1-2H3,(H3,21,22,24,25)/b12-7-. The number of aryl methyl sites for hydroxylation is 1. The molecule has 1 heterocycles. The number of amides is 3. The normalized spacial score (nSPS) is 11.1. The summed E-state index contributed by atoms with van der Waals surface area (Å²) < 4.78 is 1.86. The summed E-state index contributed by atoms with van der Waals surface area (Å²) in [5.41, 5.74) is 7.56. The van der Waals surface area contributed by atoms with E-state index in [2.05, 4.69) is 0 Å². The van der Waals surface area contributed by atoms with Crippen molar-refractivity contribution in [3.05, 3.63) is 56.8 Å². The number of rotatable bonds is 3. The van der Waals surface area contributed by atoms with Crippen molar-refractivity contribution < 1.29 is 9.59 Å². The lowest BCUT2D eigenvalue weighted by Crippen LogP contribution is -2.35. The van der Waals surface area contributed by atoms with Crippen LogP contribution in [0.4, 0.5) is 4.79 Å². The van der Waals surface area contributed by atoms with Crippen LogP contribution in [0.3, 0.4) is 0 Å². The number of nitriles is 1. The molecule has 0 spiro atoms. The first-order valence-corrected chi connectivity index (χ1v) is 7.87. The molecule has 0 aliphatic carbocycles. The predicted octanol–water partition coefficient (Wildman–Crippen LogP) is 3.50. The highest BCUT2D eigenvalue weighted by Crippen LogP contribution is 2.32. The number of nitrogens with one attached hydrogen (secondary N) is 1. The van der Waals surface area contributed by atoms with Crippen molar-refractivity contribution in [3.8, 4) is 11.8 Å². The van der Waals surface area contributed by atoms with E-state index in [1.165, 1.54) is 6.08 Å². The van der Waals surface area contributed by atoms with Crippen molar-refractivity contribution in [2.24, 2.45) is 5.73 Å². The number of primary amides is 1. The van der Waals surface area contributed by atoms with Gasteiger partial charge in [0.1, 0.15) is 11.6 Å². The average molecular weight is 377 g/mol. The Balaban J connectivity index is 2.55. The van der Waals surface area contributed by atoms with Gasteiger partial charge in [0.05, 0.1) is 15.7 Å². The van der Waals surface area contributed by atoms with Crippen LogP contribution in [0.2, 0.25) is 10.0 Å². The molecular formula is C17H14Cl2N4O2. The Morgan fingerprint density at radius 3 is 2.60 bits per heavy atom. The second-order valence-electron chi connectivity index (χ2n) is 5.22. The topological polar surface area (TPSA) is 101 Å². The second kappa shape index (κ2) is 7.43. The van der Waals surface area contributed by atoms with Crippen LogP contribution in [-0.4, -0.2) is 16.5 Å². The molecule has 2 rings (SSSR count). The van der Waals surface area contributed by atoms with Gasteiger partial charge in [-0.25, -0.2) is 4.79 Å². The highest BCUT2D eigenvalue weighted by molar-refractivity contribution is 6.43. The molecule has 6 nitrogen and oxygen atoms in total. The van der Waals surface area contributed by atoms with E-state index >= 15 is 0 Å². The summed E-state index contributed by atoms with van der Waals surface area (Å²) in [4.78, 5) is 22.6. The molecule has 3 amide bonds. The number of halogens is 2. The lowest BCUT2D eigenvalue weighted by atomic mass is 10.1. The minimum Gasteiger partial charge on any atom is -0.351 e. The van der Waals surface area contributed by atoms with Gasteiger partial charge in [-0.3, -0.25) is 10.1 Å². The van der Waals surface area contributed by atoms with Crippen molar-refractivity contribution in [1.82, 2.24) is 9.88 Å². The molecule has 2 aromatic rings. The molecule has 0 bridgehead atoms. The summed E-state index contributed by atoms with van der Waals surface area (Å²) in [5, 5.41) is 11.8. The van der Waals surface area contributed by atoms with Crippen LogP contribution in [0, 0.1) is 25.2 Å². The number of imide groups is 1. The average Bonchev–Trinajstić information content (AvgIpc) is 2.81. The van der Waals surface area contributed by atoms with Crippen molar-refractivity contribution in [1.29, 1.82) is 5.26 Å². The first-order valence-electron chi connectivity index (χ1n) is 7.12. The number of hydrogen-bond acceptors (Lipinski definition) is 3. The summed E-state index contributed by atoms with van der Waals surface area (Å²) in [5.74, 6) is -0.861. The van der Waals surface area contributed by atoms with Crippen molar-refractivity contribution in [2.75, 3.05) is 0 Å². The smallest absolute Gasteiger partial charge is 0.319 e. The summed E-state index contributed by atoms with van der Waals surface area (Å²) >= 11 is 12.4. The van der Waals surface area contributed by atoms with Crippen LogP contribution >= 0.6 is 23.2 Å². The molecule has 3 N–H and O–H groups in total. The van der Waals surface area contributed by atoms with Gasteiger partial charge < -0.3 is 10.3 Å². The van der Waals surface area contributed by atoms with Gasteiger partial charge in [-0.2, -0.15) is 5.26 Å². The highest BCUT2D eigenvalue weighted by Gasteiger charge is 2.16. The molecule has 0 saturated carbocycles. The maximum Gasteiger partial charge on any atom is 0.319 e. The quantitative estimate of drug-likeness (QED) is 0.632. The number of benzene rings is 1. The van der Waals surface area contributed by atoms with E-state index in [0.29, 0.717) is 21.3 Å². The third-order valence-corrected chi connectivity index (χ3v) is 4.35. The van der Waals surface area contributed by atoms with E-state index in [1.54, 1.807) is 24.3 Å². The fraction of sp³-hybridized carbons (Fsp3) is 0.118. The monoisotopic (exact) mass is 376 g/mol. The Kier molecular flexibility index (Phi) is 5.52. The molecule has 1 aromatic carbocycles. The number of carbonyl (C=O) groups excluding carboxylic acids is 2. The summed E-state index contributed by atoms with van der Waals surface area (Å²) in [6.07, 6.45) is 1.38. The Morgan fingerprint density at radius 1 is 1.32 bits per heavy atom. The number of aromatic nitrogens is 1. The molecule has 8 heteroatoms. The van der Waals surface area contributed by atoms with Gasteiger partial charge in [0.25, 0.3) is 5.91 Å². The summed E-state index contributed by atoms with van der Waals surface area (Å²) in [7, 11) is 0. The largest absolute Gasteiger partial charge is 0.351 e. The first kappa shape index (κ1) is 18.6. The third-order valence-electron chi connectivity index (χ3n) is 3.54. The van der Waals surface area contributed by atoms with E-state index < -0.39 is 11.9 Å². The Bertz CT molecular complexity index is 939. The van der Waals surface area contributed by atoms with E-state index in [4.69, 9.17) is 34.2 Å². The van der Waals surface area contributed by atoms with Gasteiger partial charge in [0, 0.05) is 11.4 Å². The molecule has 0 saturated heterocycles. The molecule has 0 fully saturated rings. The van der Waals surface area contributed by atoms with Crippen LogP contribution in [-0.2, 0) is 4.79 Å². The third kappa shape index (κ3) is 3.85. The summed E-state index contributed by atoms with van der Waals surface area (Å²) in [6.45, 7) is 3.67. The lowest BCUT2D eigenvalue weighted by Gasteiger charge is -2.12. The maximum atomic E-state index is 11.8. The molecule has 0 unspecified atom stereocenters. The van der Waals surface area contributed by atoms with Crippen molar-refractivity contribution >= 4 is 41.2 Å². The SMILES string of the molecule is Cc1cc(/C=C(/C#N)C(=O)NC(N)=O)c(C)n1-c1cccc(Cl)c1Cl. The van der Waals surface area contributed by atoms with Crippen LogP contribution in [0.15, 0.2) is 29.8 Å². The van der Waals surface area contributed by atoms with Crippen molar-refractivity contribution in [2.45, 2.75) is 13.8 Å². The zero-order valence-electron chi connectivity index (χ0n) is 13.4. The second-order valence-corrected chi connectivity index (χ2v) is 6.01. The number of nitrogens with zero attached hydrogens (tertiary/aromatic N) is 2.